The van der Waals surface area contributed by atoms with E-state index in [0.29, 0.717) is 6.42 Å². The normalized spacial score (nSPS) is 10.2. The molecule has 0 amide bonds. The Bertz CT molecular complexity index is 267. The van der Waals surface area contributed by atoms with Crippen molar-refractivity contribution in [1.29, 1.82) is 0 Å². The fraction of sp³-hybridized carbons (Fsp3) is 0.889. The molecule has 0 aliphatic carbocycles. The van der Waals surface area contributed by atoms with Gasteiger partial charge in [0.05, 0.1) is 0 Å². The SMILES string of the molecule is CCCCCCCCCCCCCCCC(=O)CC(=O)[O-].[Na+]. The molecule has 0 aliphatic rings. The Morgan fingerprint density at radius 3 is 1.41 bits per heavy atom. The smallest absolute Gasteiger partial charge is 0.550 e. The zero-order chi connectivity index (χ0) is 15.8. The first-order chi connectivity index (χ1) is 10.2. The molecule has 0 unspecified atom stereocenters. The molecular weight excluding hydrogens is 287 g/mol. The summed E-state index contributed by atoms with van der Waals surface area (Å²) < 4.78 is 0. The van der Waals surface area contributed by atoms with Gasteiger partial charge >= 0.3 is 29.6 Å². The quantitative estimate of drug-likeness (QED) is 0.244. The van der Waals surface area contributed by atoms with Crippen LogP contribution in [0.25, 0.3) is 0 Å². The zero-order valence-corrected chi connectivity index (χ0v) is 16.8. The minimum absolute atomic E-state index is 0. The standard InChI is InChI=1S/C18H34O3.Na/c1-2-3-4-5-6-7-8-9-10-11-12-13-14-15-17(19)16-18(20)21;/h2-16H2,1H3,(H,20,21);/q;+1/p-1. The van der Waals surface area contributed by atoms with Crippen molar-refractivity contribution in [3.05, 3.63) is 0 Å². The van der Waals surface area contributed by atoms with E-state index in [0.717, 1.165) is 19.3 Å². The van der Waals surface area contributed by atoms with E-state index in [4.69, 9.17) is 0 Å². The number of carbonyl (C=O) groups excluding carboxylic acids is 2. The number of rotatable bonds is 16. The van der Waals surface area contributed by atoms with E-state index in [1.165, 1.54) is 64.2 Å². The molecule has 0 heterocycles. The van der Waals surface area contributed by atoms with Crippen molar-refractivity contribution in [2.24, 2.45) is 0 Å². The maximum absolute atomic E-state index is 11.1. The van der Waals surface area contributed by atoms with Crippen molar-refractivity contribution >= 4 is 11.8 Å². The molecule has 4 heteroatoms. The van der Waals surface area contributed by atoms with Gasteiger partial charge in [0, 0.05) is 18.8 Å². The van der Waals surface area contributed by atoms with Gasteiger partial charge in [0.2, 0.25) is 0 Å². The van der Waals surface area contributed by atoms with Crippen LogP contribution in [-0.4, -0.2) is 11.8 Å². The summed E-state index contributed by atoms with van der Waals surface area (Å²) in [7, 11) is 0. The van der Waals surface area contributed by atoms with Gasteiger partial charge in [-0.25, -0.2) is 0 Å². The summed E-state index contributed by atoms with van der Waals surface area (Å²) in [6.07, 6.45) is 16.5. The third-order valence-corrected chi connectivity index (χ3v) is 3.90. The van der Waals surface area contributed by atoms with Gasteiger partial charge < -0.3 is 9.90 Å². The first-order valence-corrected chi connectivity index (χ1v) is 8.88. The minimum atomic E-state index is -1.25. The van der Waals surface area contributed by atoms with Crippen molar-refractivity contribution in [2.45, 2.75) is 103 Å². The number of hydrogen-bond acceptors (Lipinski definition) is 3. The van der Waals surface area contributed by atoms with Crippen molar-refractivity contribution < 1.29 is 44.3 Å². The van der Waals surface area contributed by atoms with E-state index in [-0.39, 0.29) is 35.3 Å². The number of ketones is 1. The maximum Gasteiger partial charge on any atom is 1.00 e. The number of carboxylic acids is 1. The molecule has 0 radical (unpaired) electrons. The van der Waals surface area contributed by atoms with Gasteiger partial charge in [0.15, 0.2) is 0 Å². The van der Waals surface area contributed by atoms with Crippen LogP contribution in [0.4, 0.5) is 0 Å². The van der Waals surface area contributed by atoms with Crippen LogP contribution in [0, 0.1) is 0 Å². The van der Waals surface area contributed by atoms with Crippen LogP contribution in [0.1, 0.15) is 103 Å². The van der Waals surface area contributed by atoms with Crippen LogP contribution in [0.5, 0.6) is 0 Å². The van der Waals surface area contributed by atoms with Gasteiger partial charge in [-0.15, -0.1) is 0 Å². The summed E-state index contributed by atoms with van der Waals surface area (Å²) in [4.78, 5) is 21.3. The first-order valence-electron chi connectivity index (χ1n) is 8.88. The molecule has 0 aromatic carbocycles. The average Bonchev–Trinajstić information content (AvgIpc) is 2.43. The van der Waals surface area contributed by atoms with Crippen molar-refractivity contribution in [1.82, 2.24) is 0 Å². The Balaban J connectivity index is 0. The number of carbonyl (C=O) groups is 2. The molecule has 0 bridgehead atoms. The molecule has 0 spiro atoms. The van der Waals surface area contributed by atoms with E-state index in [1.807, 2.05) is 0 Å². The van der Waals surface area contributed by atoms with Gasteiger partial charge in [0.25, 0.3) is 0 Å². The maximum atomic E-state index is 11.1. The van der Waals surface area contributed by atoms with Crippen LogP contribution >= 0.6 is 0 Å². The molecule has 0 aliphatic heterocycles. The summed E-state index contributed by atoms with van der Waals surface area (Å²) >= 11 is 0. The second-order valence-electron chi connectivity index (χ2n) is 6.08. The van der Waals surface area contributed by atoms with E-state index < -0.39 is 12.4 Å². The van der Waals surface area contributed by atoms with E-state index in [1.54, 1.807) is 0 Å². The fourth-order valence-electron chi connectivity index (χ4n) is 2.59. The number of unbranched alkanes of at least 4 members (excludes halogenated alkanes) is 12. The second-order valence-corrected chi connectivity index (χ2v) is 6.08. The topological polar surface area (TPSA) is 57.2 Å². The van der Waals surface area contributed by atoms with Crippen LogP contribution < -0.4 is 34.7 Å². The molecule has 0 rings (SSSR count). The van der Waals surface area contributed by atoms with Gasteiger partial charge in [0.1, 0.15) is 5.78 Å². The van der Waals surface area contributed by atoms with Gasteiger partial charge in [-0.05, 0) is 6.42 Å². The van der Waals surface area contributed by atoms with Crippen LogP contribution in [-0.2, 0) is 9.59 Å². The first kappa shape index (κ1) is 24.4. The molecule has 22 heavy (non-hydrogen) atoms. The van der Waals surface area contributed by atoms with E-state index in [2.05, 4.69) is 6.92 Å². The molecular formula is C18H33NaO3. The largest absolute Gasteiger partial charge is 1.00 e. The number of carboxylic acid groups (broad SMARTS) is 1. The molecule has 0 N–H and O–H groups in total. The second kappa shape index (κ2) is 19.2. The third-order valence-electron chi connectivity index (χ3n) is 3.90. The van der Waals surface area contributed by atoms with E-state index >= 15 is 0 Å². The summed E-state index contributed by atoms with van der Waals surface area (Å²) in [5.74, 6) is -1.45. The number of Topliss-reactive ketones (excluding diaryl/α,β-unsaturated/α-hetero) is 1. The van der Waals surface area contributed by atoms with Gasteiger partial charge in [-0.3, -0.25) is 4.79 Å². The molecule has 124 valence electrons. The Morgan fingerprint density at radius 1 is 0.682 bits per heavy atom. The molecule has 0 saturated heterocycles. The average molecular weight is 320 g/mol. The molecule has 0 fully saturated rings. The summed E-state index contributed by atoms with van der Waals surface area (Å²) in [6, 6.07) is 0. The van der Waals surface area contributed by atoms with Gasteiger partial charge in [-0.2, -0.15) is 0 Å². The van der Waals surface area contributed by atoms with Crippen LogP contribution in [0.15, 0.2) is 0 Å². The molecule has 3 nitrogen and oxygen atoms in total. The predicted octanol–water partition coefficient (Wildman–Crippen LogP) is 1.18. The van der Waals surface area contributed by atoms with Crippen molar-refractivity contribution in [3.8, 4) is 0 Å². The molecule has 0 atom stereocenters. The Hall–Kier alpha value is 0.140. The van der Waals surface area contributed by atoms with Gasteiger partial charge in [-0.1, -0.05) is 84.0 Å². The van der Waals surface area contributed by atoms with Crippen molar-refractivity contribution in [2.75, 3.05) is 0 Å². The number of aliphatic carboxylic acids is 1. The summed E-state index contributed by atoms with van der Waals surface area (Å²) in [6.45, 7) is 2.25. The molecule has 0 aromatic heterocycles. The monoisotopic (exact) mass is 320 g/mol. The summed E-state index contributed by atoms with van der Waals surface area (Å²) in [5.41, 5.74) is 0. The Morgan fingerprint density at radius 2 is 1.05 bits per heavy atom. The van der Waals surface area contributed by atoms with Crippen LogP contribution in [0.2, 0.25) is 0 Å². The Kier molecular flexibility index (Phi) is 21.3. The number of hydrogen-bond donors (Lipinski definition) is 0. The molecule has 0 aromatic rings. The Labute approximate surface area is 158 Å². The van der Waals surface area contributed by atoms with Crippen LogP contribution in [0.3, 0.4) is 0 Å². The fourth-order valence-corrected chi connectivity index (χ4v) is 2.59. The summed E-state index contributed by atoms with van der Waals surface area (Å²) in [5, 5.41) is 10.2. The minimum Gasteiger partial charge on any atom is -0.550 e. The third kappa shape index (κ3) is 20.1. The zero-order valence-electron chi connectivity index (χ0n) is 14.8. The van der Waals surface area contributed by atoms with Crippen molar-refractivity contribution in [3.63, 3.8) is 0 Å². The predicted molar refractivity (Wildman–Crippen MR) is 84.9 cm³/mol. The molecule has 0 saturated carbocycles. The van der Waals surface area contributed by atoms with E-state index in [9.17, 15) is 14.7 Å².